The molecule has 166 valence electrons. The van der Waals surface area contributed by atoms with Gasteiger partial charge in [-0.3, -0.25) is 4.79 Å². The van der Waals surface area contributed by atoms with Crippen LogP contribution in [0, 0.1) is 12.3 Å². The molecule has 4 heterocycles. The summed E-state index contributed by atoms with van der Waals surface area (Å²) in [7, 11) is 0. The van der Waals surface area contributed by atoms with Crippen LogP contribution in [0.5, 0.6) is 0 Å². The maximum Gasteiger partial charge on any atom is 0.274 e. The van der Waals surface area contributed by atoms with Crippen molar-refractivity contribution >= 4 is 11.6 Å². The number of nitrogens with one attached hydrogen (secondary N) is 1. The van der Waals surface area contributed by atoms with E-state index >= 15 is 0 Å². The Balaban J connectivity index is 1.40. The minimum absolute atomic E-state index is 0.106. The summed E-state index contributed by atoms with van der Waals surface area (Å²) in [4.78, 5) is 21.0. The molecule has 3 fully saturated rings. The van der Waals surface area contributed by atoms with E-state index in [4.69, 9.17) is 4.98 Å². The highest BCUT2D eigenvalue weighted by atomic mass is 16.2. The van der Waals surface area contributed by atoms with Crippen LogP contribution in [-0.4, -0.2) is 44.4 Å². The maximum absolute atomic E-state index is 14.0. The first-order chi connectivity index (χ1) is 15.5. The number of hydrogen-bond acceptors (Lipinski definition) is 3. The van der Waals surface area contributed by atoms with E-state index in [0.29, 0.717) is 11.7 Å². The summed E-state index contributed by atoms with van der Waals surface area (Å²) in [5, 5.41) is 4.03. The number of benzene rings is 1. The molecule has 5 nitrogen and oxygen atoms in total. The van der Waals surface area contributed by atoms with Gasteiger partial charge in [0.05, 0.1) is 0 Å². The molecule has 1 N–H and O–H groups in total. The van der Waals surface area contributed by atoms with Crippen molar-refractivity contribution in [3.8, 4) is 0 Å². The molecule has 32 heavy (non-hydrogen) atoms. The molecule has 2 saturated heterocycles. The van der Waals surface area contributed by atoms with E-state index in [9.17, 15) is 4.79 Å². The van der Waals surface area contributed by atoms with Crippen LogP contribution in [-0.2, 0) is 6.42 Å². The Morgan fingerprint density at radius 2 is 1.94 bits per heavy atom. The third-order valence-electron chi connectivity index (χ3n) is 8.45. The van der Waals surface area contributed by atoms with Crippen molar-refractivity contribution in [3.63, 3.8) is 0 Å². The van der Waals surface area contributed by atoms with Crippen LogP contribution < -0.4 is 5.32 Å². The third kappa shape index (κ3) is 3.01. The maximum atomic E-state index is 14.0. The highest BCUT2D eigenvalue weighted by molar-refractivity contribution is 5.94. The zero-order valence-electron chi connectivity index (χ0n) is 19.0. The summed E-state index contributed by atoms with van der Waals surface area (Å²) in [5.41, 5.74) is 4.00. The Hall–Kier alpha value is -2.66. The van der Waals surface area contributed by atoms with Crippen molar-refractivity contribution in [3.05, 3.63) is 71.7 Å². The molecule has 0 spiro atoms. The van der Waals surface area contributed by atoms with Crippen molar-refractivity contribution < 1.29 is 4.79 Å². The number of nitrogens with zero attached hydrogens (tertiary/aromatic N) is 3. The van der Waals surface area contributed by atoms with Gasteiger partial charge in [0.25, 0.3) is 5.91 Å². The molecule has 0 radical (unpaired) electrons. The molecular formula is C27H32N4O. The number of likely N-dealkylation sites (tertiary alicyclic amines) is 1. The summed E-state index contributed by atoms with van der Waals surface area (Å²) >= 11 is 0. The van der Waals surface area contributed by atoms with Gasteiger partial charge < -0.3 is 14.6 Å². The highest BCUT2D eigenvalue weighted by Crippen LogP contribution is 2.52. The summed E-state index contributed by atoms with van der Waals surface area (Å²) in [5.74, 6) is 0.106. The first-order valence-corrected chi connectivity index (χ1v) is 12.1. The van der Waals surface area contributed by atoms with Crippen molar-refractivity contribution in [2.24, 2.45) is 5.41 Å². The van der Waals surface area contributed by atoms with E-state index in [2.05, 4.69) is 60.5 Å². The van der Waals surface area contributed by atoms with Crippen LogP contribution in [0.15, 0.2) is 54.7 Å². The Morgan fingerprint density at radius 3 is 2.75 bits per heavy atom. The summed E-state index contributed by atoms with van der Waals surface area (Å²) < 4.78 is 2.03. The number of carbonyl (C=O) groups excluding carboxylic acids is 1. The molecule has 2 aromatic heterocycles. The molecule has 2 aliphatic heterocycles. The number of fused-ring (bicyclic) bond motifs is 2. The lowest BCUT2D eigenvalue weighted by Crippen LogP contribution is -2.57. The van der Waals surface area contributed by atoms with Crippen LogP contribution >= 0.6 is 0 Å². The number of carbonyl (C=O) groups is 1. The van der Waals surface area contributed by atoms with Gasteiger partial charge in [-0.05, 0) is 50.3 Å². The van der Waals surface area contributed by atoms with Gasteiger partial charge >= 0.3 is 0 Å². The second-order valence-electron chi connectivity index (χ2n) is 10.3. The molecule has 2 bridgehead atoms. The topological polar surface area (TPSA) is 49.6 Å². The number of aryl methyl sites for hydroxylation is 1. The lowest BCUT2D eigenvalue weighted by atomic mass is 9.70. The van der Waals surface area contributed by atoms with Crippen LogP contribution in [0.25, 0.3) is 5.65 Å². The number of rotatable bonds is 3. The first-order valence-electron chi connectivity index (χ1n) is 12.1. The van der Waals surface area contributed by atoms with E-state index < -0.39 is 0 Å². The smallest absolute Gasteiger partial charge is 0.274 e. The van der Waals surface area contributed by atoms with Gasteiger partial charge in [0, 0.05) is 41.5 Å². The SMILES string of the molecule is Cc1cccc2nc(C(=O)N3[C@H]4CCCC[C@H]5N[C@@H](Cc6ccccc6)[C@@H]3C[C@@]45C)cn12. The number of aromatic nitrogens is 2. The summed E-state index contributed by atoms with van der Waals surface area (Å²) in [6.45, 7) is 4.48. The zero-order chi connectivity index (χ0) is 21.9. The second-order valence-corrected chi connectivity index (χ2v) is 10.3. The van der Waals surface area contributed by atoms with Gasteiger partial charge in [0.15, 0.2) is 0 Å². The van der Waals surface area contributed by atoms with Gasteiger partial charge in [0.1, 0.15) is 11.3 Å². The zero-order valence-corrected chi connectivity index (χ0v) is 19.0. The van der Waals surface area contributed by atoms with Gasteiger partial charge in [-0.25, -0.2) is 4.98 Å². The molecule has 1 aliphatic carbocycles. The number of amides is 1. The highest BCUT2D eigenvalue weighted by Gasteiger charge is 2.60. The lowest BCUT2D eigenvalue weighted by Gasteiger charge is -2.43. The van der Waals surface area contributed by atoms with E-state index in [1.165, 1.54) is 24.8 Å². The van der Waals surface area contributed by atoms with Gasteiger partial charge in [-0.2, -0.15) is 0 Å². The largest absolute Gasteiger partial charge is 0.329 e. The van der Waals surface area contributed by atoms with Crippen LogP contribution in [0.4, 0.5) is 0 Å². The molecule has 5 atom stereocenters. The molecule has 3 aromatic rings. The normalized spacial score (nSPS) is 31.6. The number of imidazole rings is 1. The van der Waals surface area contributed by atoms with Crippen LogP contribution in [0.3, 0.4) is 0 Å². The Kier molecular flexibility index (Phi) is 4.65. The Labute approximate surface area is 189 Å². The van der Waals surface area contributed by atoms with Crippen molar-refractivity contribution in [1.82, 2.24) is 19.6 Å². The predicted octanol–water partition coefficient (Wildman–Crippen LogP) is 4.39. The van der Waals surface area contributed by atoms with E-state index in [-0.39, 0.29) is 29.4 Å². The number of piperidine rings is 1. The molecule has 6 rings (SSSR count). The fraction of sp³-hybridized carbons (Fsp3) is 0.481. The molecule has 1 saturated carbocycles. The molecule has 3 aliphatic rings. The fourth-order valence-electron chi connectivity index (χ4n) is 6.81. The van der Waals surface area contributed by atoms with E-state index in [0.717, 1.165) is 30.6 Å². The van der Waals surface area contributed by atoms with Gasteiger partial charge in [-0.15, -0.1) is 0 Å². The Bertz CT molecular complexity index is 1150. The lowest BCUT2D eigenvalue weighted by molar-refractivity contribution is 0.0606. The molecular weight excluding hydrogens is 396 g/mol. The molecule has 1 amide bonds. The number of pyridine rings is 1. The Morgan fingerprint density at radius 1 is 1.12 bits per heavy atom. The monoisotopic (exact) mass is 428 g/mol. The quantitative estimate of drug-likeness (QED) is 0.673. The van der Waals surface area contributed by atoms with E-state index in [1.54, 1.807) is 0 Å². The summed E-state index contributed by atoms with van der Waals surface area (Å²) in [6.07, 6.45) is 8.72. The fourth-order valence-corrected chi connectivity index (χ4v) is 6.81. The first kappa shape index (κ1) is 20.0. The van der Waals surface area contributed by atoms with E-state index in [1.807, 2.05) is 22.7 Å². The van der Waals surface area contributed by atoms with Crippen molar-refractivity contribution in [2.75, 3.05) is 0 Å². The van der Waals surface area contributed by atoms with Gasteiger partial charge in [0.2, 0.25) is 0 Å². The van der Waals surface area contributed by atoms with Gasteiger partial charge in [-0.1, -0.05) is 56.2 Å². The number of hydrogen-bond donors (Lipinski definition) is 1. The molecule has 5 heteroatoms. The van der Waals surface area contributed by atoms with Crippen LogP contribution in [0.2, 0.25) is 0 Å². The minimum Gasteiger partial charge on any atom is -0.329 e. The molecule has 0 unspecified atom stereocenters. The molecule has 1 aromatic carbocycles. The standard InChI is InChI=1S/C27H32N4O/c1-18-9-8-14-25-29-21(17-30(18)25)26(32)31-22-16-27(2)23(12-6-7-13-24(27)31)28-20(22)15-19-10-4-3-5-11-19/h3-5,8-11,14,17,20,22-24,28H,6-7,12-13,15-16H2,1-2H3/t20-,22-,23+,24-,27+/m0/s1. The average Bonchev–Trinajstić information content (AvgIpc) is 3.29. The van der Waals surface area contributed by atoms with Crippen molar-refractivity contribution in [1.29, 1.82) is 0 Å². The minimum atomic E-state index is 0.106. The third-order valence-corrected chi connectivity index (χ3v) is 8.45. The average molecular weight is 429 g/mol. The van der Waals surface area contributed by atoms with Crippen LogP contribution in [0.1, 0.15) is 60.8 Å². The van der Waals surface area contributed by atoms with Crippen molar-refractivity contribution in [2.45, 2.75) is 76.5 Å². The summed E-state index contributed by atoms with van der Waals surface area (Å²) in [6, 6.07) is 18.0. The second kappa shape index (κ2) is 7.45. The predicted molar refractivity (Wildman–Crippen MR) is 126 cm³/mol.